The molecule has 1 aromatic carbocycles. The lowest BCUT2D eigenvalue weighted by Crippen LogP contribution is -2.44. The van der Waals surface area contributed by atoms with Crippen molar-refractivity contribution < 1.29 is 9.50 Å². The maximum Gasteiger partial charge on any atom is 0.123 e. The van der Waals surface area contributed by atoms with Gasteiger partial charge in [-0.05, 0) is 37.1 Å². The van der Waals surface area contributed by atoms with Crippen molar-refractivity contribution in [2.24, 2.45) is 5.92 Å². The molecule has 90 valence electrons. The van der Waals surface area contributed by atoms with Gasteiger partial charge in [0.15, 0.2) is 0 Å². The zero-order chi connectivity index (χ0) is 12.2. The van der Waals surface area contributed by atoms with Crippen LogP contribution in [-0.2, 0) is 5.54 Å². The summed E-state index contributed by atoms with van der Waals surface area (Å²) in [4.78, 5) is 0. The summed E-state index contributed by atoms with van der Waals surface area (Å²) in [5.41, 5.74) is 0.197. The Morgan fingerprint density at radius 1 is 1.44 bits per heavy atom. The van der Waals surface area contributed by atoms with Gasteiger partial charge < -0.3 is 10.4 Å². The minimum Gasteiger partial charge on any atom is -0.394 e. The average molecular weight is 225 g/mol. The van der Waals surface area contributed by atoms with E-state index in [9.17, 15) is 9.50 Å². The lowest BCUT2D eigenvalue weighted by molar-refractivity contribution is 0.171. The van der Waals surface area contributed by atoms with Gasteiger partial charge in [-0.15, -0.1) is 0 Å². The normalized spacial score (nSPS) is 15.1. The van der Waals surface area contributed by atoms with Gasteiger partial charge in [0.25, 0.3) is 0 Å². The van der Waals surface area contributed by atoms with Crippen molar-refractivity contribution in [1.29, 1.82) is 0 Å². The summed E-state index contributed by atoms with van der Waals surface area (Å²) in [6, 6.07) is 6.36. The van der Waals surface area contributed by atoms with E-state index in [4.69, 9.17) is 0 Å². The molecule has 0 aliphatic carbocycles. The Bertz CT molecular complexity index is 340. The standard InChI is InChI=1S/C13H20FNO/c1-10(2)8-15-13(3,9-16)11-5-4-6-12(14)7-11/h4-7,10,15-16H,8-9H2,1-3H3. The van der Waals surface area contributed by atoms with Crippen LogP contribution in [0.25, 0.3) is 0 Å². The van der Waals surface area contributed by atoms with E-state index < -0.39 is 5.54 Å². The van der Waals surface area contributed by atoms with Gasteiger partial charge in [0.2, 0.25) is 0 Å². The molecule has 1 atom stereocenters. The second-order valence-corrected chi connectivity index (χ2v) is 4.78. The average Bonchev–Trinajstić information content (AvgIpc) is 2.26. The topological polar surface area (TPSA) is 32.3 Å². The van der Waals surface area contributed by atoms with Gasteiger partial charge in [0, 0.05) is 0 Å². The van der Waals surface area contributed by atoms with Crippen LogP contribution < -0.4 is 5.32 Å². The van der Waals surface area contributed by atoms with Crippen LogP contribution in [0, 0.1) is 11.7 Å². The number of aliphatic hydroxyl groups is 1. The maximum atomic E-state index is 13.1. The Morgan fingerprint density at radius 2 is 2.12 bits per heavy atom. The van der Waals surface area contributed by atoms with Crippen LogP contribution in [-0.4, -0.2) is 18.3 Å². The third-order valence-electron chi connectivity index (χ3n) is 2.68. The first-order valence-corrected chi connectivity index (χ1v) is 5.60. The van der Waals surface area contributed by atoms with Crippen molar-refractivity contribution in [2.75, 3.05) is 13.2 Å². The summed E-state index contributed by atoms with van der Waals surface area (Å²) in [7, 11) is 0. The van der Waals surface area contributed by atoms with Crippen LogP contribution in [0.3, 0.4) is 0 Å². The fourth-order valence-corrected chi connectivity index (χ4v) is 1.51. The molecule has 0 saturated carbocycles. The number of hydrogen-bond donors (Lipinski definition) is 2. The van der Waals surface area contributed by atoms with Crippen LogP contribution in [0.2, 0.25) is 0 Å². The van der Waals surface area contributed by atoms with Crippen LogP contribution in [0.5, 0.6) is 0 Å². The van der Waals surface area contributed by atoms with Crippen molar-refractivity contribution in [3.05, 3.63) is 35.6 Å². The largest absolute Gasteiger partial charge is 0.394 e. The second kappa shape index (κ2) is 5.41. The molecule has 3 heteroatoms. The molecule has 0 aliphatic rings. The SMILES string of the molecule is CC(C)CNC(C)(CO)c1cccc(F)c1. The fraction of sp³-hybridized carbons (Fsp3) is 0.538. The molecule has 16 heavy (non-hydrogen) atoms. The highest BCUT2D eigenvalue weighted by Gasteiger charge is 2.25. The van der Waals surface area contributed by atoms with Crippen molar-refractivity contribution >= 4 is 0 Å². The van der Waals surface area contributed by atoms with E-state index in [1.54, 1.807) is 6.07 Å². The van der Waals surface area contributed by atoms with Crippen molar-refractivity contribution in [1.82, 2.24) is 5.32 Å². The first kappa shape index (κ1) is 13.1. The highest BCUT2D eigenvalue weighted by atomic mass is 19.1. The zero-order valence-electron chi connectivity index (χ0n) is 10.1. The number of nitrogens with one attached hydrogen (secondary N) is 1. The Kier molecular flexibility index (Phi) is 4.44. The first-order chi connectivity index (χ1) is 7.48. The van der Waals surface area contributed by atoms with Gasteiger partial charge >= 0.3 is 0 Å². The van der Waals surface area contributed by atoms with Crippen LogP contribution >= 0.6 is 0 Å². The van der Waals surface area contributed by atoms with Crippen LogP contribution in [0.15, 0.2) is 24.3 Å². The molecule has 0 saturated heterocycles. The Hall–Kier alpha value is -0.930. The number of hydrogen-bond acceptors (Lipinski definition) is 2. The molecular formula is C13H20FNO. The fourth-order valence-electron chi connectivity index (χ4n) is 1.51. The summed E-state index contributed by atoms with van der Waals surface area (Å²) in [5.74, 6) is 0.211. The smallest absolute Gasteiger partial charge is 0.123 e. The number of aliphatic hydroxyl groups excluding tert-OH is 1. The monoisotopic (exact) mass is 225 g/mol. The molecule has 0 fully saturated rings. The highest BCUT2D eigenvalue weighted by Crippen LogP contribution is 2.21. The van der Waals surface area contributed by atoms with E-state index in [1.165, 1.54) is 12.1 Å². The van der Waals surface area contributed by atoms with E-state index in [0.717, 1.165) is 12.1 Å². The van der Waals surface area contributed by atoms with E-state index >= 15 is 0 Å². The van der Waals surface area contributed by atoms with Crippen molar-refractivity contribution in [3.8, 4) is 0 Å². The predicted octanol–water partition coefficient (Wildman–Crippen LogP) is 2.28. The predicted molar refractivity (Wildman–Crippen MR) is 63.7 cm³/mol. The molecule has 0 aliphatic heterocycles. The van der Waals surface area contributed by atoms with Gasteiger partial charge in [0.05, 0.1) is 12.1 Å². The zero-order valence-corrected chi connectivity index (χ0v) is 10.1. The van der Waals surface area contributed by atoms with Crippen molar-refractivity contribution in [3.63, 3.8) is 0 Å². The van der Waals surface area contributed by atoms with E-state index in [0.29, 0.717) is 5.92 Å². The minimum absolute atomic E-state index is 0.0524. The molecule has 0 radical (unpaired) electrons. The molecule has 2 nitrogen and oxygen atoms in total. The highest BCUT2D eigenvalue weighted by molar-refractivity contribution is 5.24. The van der Waals surface area contributed by atoms with Crippen LogP contribution in [0.4, 0.5) is 4.39 Å². The summed E-state index contributed by atoms with van der Waals surface area (Å²) in [6.45, 7) is 6.80. The molecule has 1 unspecified atom stereocenters. The number of rotatable bonds is 5. The van der Waals surface area contributed by atoms with Crippen LogP contribution in [0.1, 0.15) is 26.3 Å². The van der Waals surface area contributed by atoms with Gasteiger partial charge in [-0.25, -0.2) is 4.39 Å². The Morgan fingerprint density at radius 3 is 2.62 bits per heavy atom. The quantitative estimate of drug-likeness (QED) is 0.805. The summed E-state index contributed by atoms with van der Waals surface area (Å²) >= 11 is 0. The molecular weight excluding hydrogens is 205 g/mol. The molecule has 0 aromatic heterocycles. The first-order valence-electron chi connectivity index (χ1n) is 5.60. The molecule has 1 rings (SSSR count). The van der Waals surface area contributed by atoms with E-state index in [-0.39, 0.29) is 12.4 Å². The number of benzene rings is 1. The maximum absolute atomic E-state index is 13.1. The van der Waals surface area contributed by atoms with Crippen molar-refractivity contribution in [2.45, 2.75) is 26.3 Å². The molecule has 0 heterocycles. The Balaban J connectivity index is 2.86. The van der Waals surface area contributed by atoms with Gasteiger partial charge in [-0.3, -0.25) is 0 Å². The lowest BCUT2D eigenvalue weighted by Gasteiger charge is -2.30. The third kappa shape index (κ3) is 3.29. The van der Waals surface area contributed by atoms with Gasteiger partial charge in [-0.1, -0.05) is 26.0 Å². The summed E-state index contributed by atoms with van der Waals surface area (Å²) in [5, 5.41) is 12.7. The van der Waals surface area contributed by atoms with E-state index in [1.807, 2.05) is 13.0 Å². The molecule has 0 amide bonds. The van der Waals surface area contributed by atoms with E-state index in [2.05, 4.69) is 19.2 Å². The molecule has 0 bridgehead atoms. The molecule has 0 spiro atoms. The number of halogens is 1. The van der Waals surface area contributed by atoms with Gasteiger partial charge in [-0.2, -0.15) is 0 Å². The lowest BCUT2D eigenvalue weighted by atomic mass is 9.92. The summed E-state index contributed by atoms with van der Waals surface area (Å²) < 4.78 is 13.1. The second-order valence-electron chi connectivity index (χ2n) is 4.78. The van der Waals surface area contributed by atoms with Gasteiger partial charge in [0.1, 0.15) is 5.82 Å². The third-order valence-corrected chi connectivity index (χ3v) is 2.68. The molecule has 2 N–H and O–H groups in total. The Labute approximate surface area is 96.5 Å². The molecule has 1 aromatic rings. The minimum atomic E-state index is -0.577. The summed E-state index contributed by atoms with van der Waals surface area (Å²) in [6.07, 6.45) is 0.